The number of rotatable bonds is 7. The molecule has 3 heterocycles. The highest BCUT2D eigenvalue weighted by molar-refractivity contribution is 7.91. The van der Waals surface area contributed by atoms with Crippen LogP contribution in [0.3, 0.4) is 0 Å². The molecular formula is C21H24N4O4S. The van der Waals surface area contributed by atoms with Gasteiger partial charge in [0.15, 0.2) is 15.5 Å². The van der Waals surface area contributed by atoms with E-state index in [0.717, 1.165) is 17.0 Å². The molecule has 1 aromatic carbocycles. The number of hydrogen-bond donors (Lipinski definition) is 1. The maximum absolute atomic E-state index is 12.7. The van der Waals surface area contributed by atoms with E-state index in [2.05, 4.69) is 10.4 Å². The first-order valence-corrected chi connectivity index (χ1v) is 11.6. The Morgan fingerprint density at radius 1 is 1.23 bits per heavy atom. The van der Waals surface area contributed by atoms with Crippen LogP contribution in [-0.2, 0) is 16.4 Å². The number of carbonyl (C=O) groups is 1. The zero-order chi connectivity index (χ0) is 21.1. The van der Waals surface area contributed by atoms with Crippen LogP contribution in [0.15, 0.2) is 54.9 Å². The van der Waals surface area contributed by atoms with Crippen molar-refractivity contribution in [1.29, 1.82) is 0 Å². The fourth-order valence-corrected chi connectivity index (χ4v) is 5.33. The number of ether oxygens (including phenoxy) is 1. The smallest absolute Gasteiger partial charge is 0.271 e. The third kappa shape index (κ3) is 4.40. The molecule has 0 saturated carbocycles. The summed E-state index contributed by atoms with van der Waals surface area (Å²) in [6.07, 6.45) is 4.36. The predicted octanol–water partition coefficient (Wildman–Crippen LogP) is 2.15. The summed E-state index contributed by atoms with van der Waals surface area (Å²) in [6, 6.07) is 12.7. The molecule has 1 aliphatic rings. The lowest BCUT2D eigenvalue weighted by Crippen LogP contribution is -2.27. The lowest BCUT2D eigenvalue weighted by molar-refractivity contribution is 0.0946. The number of nitrogens with zero attached hydrogens (tertiary/aromatic N) is 3. The van der Waals surface area contributed by atoms with Crippen LogP contribution >= 0.6 is 0 Å². The summed E-state index contributed by atoms with van der Waals surface area (Å²) in [4.78, 5) is 12.7. The van der Waals surface area contributed by atoms with Crippen LogP contribution in [0.2, 0.25) is 0 Å². The van der Waals surface area contributed by atoms with E-state index in [1.165, 1.54) is 0 Å². The highest BCUT2D eigenvalue weighted by Gasteiger charge is 2.32. The first-order chi connectivity index (χ1) is 14.4. The SMILES string of the molecule is COc1ccc(-c2cc(C(=O)NCCn3cccc3)nn2C2CCS(=O)(=O)C2)cc1. The molecule has 4 rings (SSSR count). The number of methoxy groups -OCH3 is 1. The molecule has 1 amide bonds. The van der Waals surface area contributed by atoms with Crippen molar-refractivity contribution in [3.8, 4) is 17.0 Å². The quantitative estimate of drug-likeness (QED) is 0.622. The highest BCUT2D eigenvalue weighted by atomic mass is 32.2. The molecule has 1 atom stereocenters. The van der Waals surface area contributed by atoms with Gasteiger partial charge in [-0.2, -0.15) is 5.10 Å². The van der Waals surface area contributed by atoms with Gasteiger partial charge in [-0.25, -0.2) is 8.42 Å². The van der Waals surface area contributed by atoms with Gasteiger partial charge in [0.25, 0.3) is 5.91 Å². The van der Waals surface area contributed by atoms with E-state index < -0.39 is 9.84 Å². The first kappa shape index (κ1) is 20.2. The summed E-state index contributed by atoms with van der Waals surface area (Å²) in [5.41, 5.74) is 1.84. The van der Waals surface area contributed by atoms with Crippen molar-refractivity contribution in [1.82, 2.24) is 19.7 Å². The molecule has 1 saturated heterocycles. The Kier molecular flexibility index (Phi) is 5.63. The summed E-state index contributed by atoms with van der Waals surface area (Å²) in [5.74, 6) is 0.609. The normalized spacial score (nSPS) is 17.7. The third-order valence-electron chi connectivity index (χ3n) is 5.23. The van der Waals surface area contributed by atoms with Gasteiger partial charge in [0.05, 0.1) is 30.4 Å². The summed E-state index contributed by atoms with van der Waals surface area (Å²) in [5, 5.41) is 7.37. The number of amides is 1. The van der Waals surface area contributed by atoms with E-state index in [-0.39, 0.29) is 29.1 Å². The number of sulfone groups is 1. The second kappa shape index (κ2) is 8.35. The largest absolute Gasteiger partial charge is 0.497 e. The predicted molar refractivity (Wildman–Crippen MR) is 113 cm³/mol. The maximum atomic E-state index is 12.7. The molecule has 1 fully saturated rings. The van der Waals surface area contributed by atoms with Gasteiger partial charge < -0.3 is 14.6 Å². The maximum Gasteiger partial charge on any atom is 0.271 e. The fourth-order valence-electron chi connectivity index (χ4n) is 3.64. The van der Waals surface area contributed by atoms with E-state index in [0.29, 0.717) is 19.5 Å². The topological polar surface area (TPSA) is 95.2 Å². The summed E-state index contributed by atoms with van der Waals surface area (Å²) < 4.78 is 32.9. The van der Waals surface area contributed by atoms with Crippen LogP contribution in [0.5, 0.6) is 5.75 Å². The average Bonchev–Trinajstić information content (AvgIpc) is 3.47. The zero-order valence-corrected chi connectivity index (χ0v) is 17.5. The van der Waals surface area contributed by atoms with Crippen LogP contribution < -0.4 is 10.1 Å². The van der Waals surface area contributed by atoms with Crippen LogP contribution in [0.1, 0.15) is 23.0 Å². The van der Waals surface area contributed by atoms with Crippen molar-refractivity contribution < 1.29 is 17.9 Å². The molecule has 9 heteroatoms. The van der Waals surface area contributed by atoms with Crippen molar-refractivity contribution in [2.45, 2.75) is 19.0 Å². The van der Waals surface area contributed by atoms with E-state index >= 15 is 0 Å². The Balaban J connectivity index is 1.58. The number of nitrogens with one attached hydrogen (secondary N) is 1. The highest BCUT2D eigenvalue weighted by Crippen LogP contribution is 2.31. The summed E-state index contributed by atoms with van der Waals surface area (Å²) in [7, 11) is -1.49. The van der Waals surface area contributed by atoms with E-state index in [1.807, 2.05) is 53.4 Å². The molecule has 1 unspecified atom stereocenters. The summed E-state index contributed by atoms with van der Waals surface area (Å²) in [6.45, 7) is 1.13. The van der Waals surface area contributed by atoms with Crippen molar-refractivity contribution in [3.63, 3.8) is 0 Å². The minimum absolute atomic E-state index is 0.0342. The minimum atomic E-state index is -3.09. The number of carbonyl (C=O) groups excluding carboxylic acids is 1. The van der Waals surface area contributed by atoms with Crippen LogP contribution in [0.25, 0.3) is 11.3 Å². The Labute approximate surface area is 175 Å². The van der Waals surface area contributed by atoms with Gasteiger partial charge in [-0.3, -0.25) is 9.48 Å². The zero-order valence-electron chi connectivity index (χ0n) is 16.7. The van der Waals surface area contributed by atoms with Gasteiger partial charge in [0.2, 0.25) is 0 Å². The molecule has 0 spiro atoms. The summed E-state index contributed by atoms with van der Waals surface area (Å²) >= 11 is 0. The average molecular weight is 429 g/mol. The molecule has 1 N–H and O–H groups in total. The van der Waals surface area contributed by atoms with Gasteiger partial charge in [-0.05, 0) is 48.9 Å². The van der Waals surface area contributed by atoms with E-state index in [4.69, 9.17) is 4.74 Å². The molecule has 30 heavy (non-hydrogen) atoms. The molecular weight excluding hydrogens is 404 g/mol. The Bertz CT molecular complexity index is 1120. The van der Waals surface area contributed by atoms with Crippen LogP contribution in [0.4, 0.5) is 0 Å². The Morgan fingerprint density at radius 2 is 1.97 bits per heavy atom. The number of hydrogen-bond acceptors (Lipinski definition) is 5. The third-order valence-corrected chi connectivity index (χ3v) is 6.98. The molecule has 8 nitrogen and oxygen atoms in total. The molecule has 0 aliphatic carbocycles. The van der Waals surface area contributed by atoms with Crippen LogP contribution in [0, 0.1) is 0 Å². The van der Waals surface area contributed by atoms with Crippen molar-refractivity contribution in [2.75, 3.05) is 25.2 Å². The van der Waals surface area contributed by atoms with Crippen molar-refractivity contribution in [3.05, 3.63) is 60.6 Å². The molecule has 0 bridgehead atoms. The van der Waals surface area contributed by atoms with Gasteiger partial charge >= 0.3 is 0 Å². The van der Waals surface area contributed by atoms with Gasteiger partial charge in [-0.1, -0.05) is 0 Å². The molecule has 2 aromatic heterocycles. The van der Waals surface area contributed by atoms with Gasteiger partial charge in [-0.15, -0.1) is 0 Å². The fraction of sp³-hybridized carbons (Fsp3) is 0.333. The second-order valence-corrected chi connectivity index (χ2v) is 9.55. The van der Waals surface area contributed by atoms with Gasteiger partial charge in [0.1, 0.15) is 5.75 Å². The minimum Gasteiger partial charge on any atom is -0.497 e. The standard InChI is InChI=1S/C21H24N4O4S/c1-29-18-6-4-16(5-7-18)20-14-19(21(26)22-9-12-24-10-2-3-11-24)23-25(20)17-8-13-30(27,28)15-17/h2-7,10-11,14,17H,8-9,12-13,15H2,1H3,(H,22,26). The molecule has 0 radical (unpaired) electrons. The first-order valence-electron chi connectivity index (χ1n) is 9.78. The second-order valence-electron chi connectivity index (χ2n) is 7.32. The monoisotopic (exact) mass is 428 g/mol. The lowest BCUT2D eigenvalue weighted by Gasteiger charge is -2.13. The molecule has 1 aliphatic heterocycles. The van der Waals surface area contributed by atoms with E-state index in [1.54, 1.807) is 17.9 Å². The van der Waals surface area contributed by atoms with Crippen LogP contribution in [-0.4, -0.2) is 53.8 Å². The Hall–Kier alpha value is -3.07. The Morgan fingerprint density at radius 3 is 2.60 bits per heavy atom. The number of benzene rings is 1. The molecule has 3 aromatic rings. The van der Waals surface area contributed by atoms with Gasteiger partial charge in [0, 0.05) is 31.0 Å². The van der Waals surface area contributed by atoms with E-state index in [9.17, 15) is 13.2 Å². The number of aromatic nitrogens is 3. The van der Waals surface area contributed by atoms with Crippen molar-refractivity contribution in [2.24, 2.45) is 0 Å². The molecule has 158 valence electrons. The lowest BCUT2D eigenvalue weighted by atomic mass is 10.1. The van der Waals surface area contributed by atoms with Crippen molar-refractivity contribution >= 4 is 15.7 Å².